The highest BCUT2D eigenvalue weighted by molar-refractivity contribution is 6.13. The summed E-state index contributed by atoms with van der Waals surface area (Å²) in [5.41, 5.74) is 32.7. The van der Waals surface area contributed by atoms with E-state index in [-0.39, 0.29) is 27.1 Å². The van der Waals surface area contributed by atoms with Crippen LogP contribution in [0.25, 0.3) is 99.4 Å². The maximum absolute atomic E-state index is 2.62. The normalized spacial score (nSPS) is 17.4. The van der Waals surface area contributed by atoms with Gasteiger partial charge in [0.25, 0.3) is 0 Å². The van der Waals surface area contributed by atoms with E-state index in [1.165, 1.54) is 155 Å². The van der Waals surface area contributed by atoms with Gasteiger partial charge in [0.2, 0.25) is 0 Å². The van der Waals surface area contributed by atoms with E-state index in [1.807, 2.05) is 0 Å². The van der Waals surface area contributed by atoms with Crippen LogP contribution in [0.1, 0.15) is 125 Å². The molecule has 0 atom stereocenters. The zero-order valence-corrected chi connectivity index (χ0v) is 42.7. The van der Waals surface area contributed by atoms with Crippen LogP contribution in [0.4, 0.5) is 0 Å². The van der Waals surface area contributed by atoms with Gasteiger partial charge in [-0.1, -0.05) is 203 Å². The summed E-state index contributed by atoms with van der Waals surface area (Å²) in [6.07, 6.45) is 0. The Morgan fingerprint density at radius 3 is 0.887 bits per heavy atom. The molecule has 0 aliphatic heterocycles. The molecule has 5 aliphatic rings. The minimum Gasteiger partial charge on any atom is -0.0619 e. The van der Waals surface area contributed by atoms with Crippen molar-refractivity contribution in [1.82, 2.24) is 0 Å². The Kier molecular flexibility index (Phi) is 7.69. The first-order valence-electron chi connectivity index (χ1n) is 26.0. The van der Waals surface area contributed by atoms with E-state index in [2.05, 4.69) is 239 Å². The van der Waals surface area contributed by atoms with E-state index in [9.17, 15) is 0 Å². The number of rotatable bonds is 2. The van der Waals surface area contributed by atoms with Crippen molar-refractivity contribution in [3.8, 4) is 77.9 Å². The summed E-state index contributed by atoms with van der Waals surface area (Å²) in [6, 6.07) is 66.3. The molecule has 0 heterocycles. The third kappa shape index (κ3) is 4.92. The molecule has 0 saturated heterocycles. The maximum atomic E-state index is 2.62. The SMILES string of the molecule is CC1(C)c2cc3c(cc2-c2cc4c(cc21)-c1c(cc(-c2cccc5c2C(C)(C)c2ccccc2-5)c2ccccc12)C4(C)C)C(C)(C)c1cc(-c2cccc4c2C(C)(C)c2ccccc2-4)c2ccccc2c1-3. The molecule has 0 N–H and O–H groups in total. The predicted molar refractivity (Wildman–Crippen MR) is 300 cm³/mol. The van der Waals surface area contributed by atoms with E-state index in [0.717, 1.165) is 0 Å². The molecule has 0 aromatic heterocycles. The lowest BCUT2D eigenvalue weighted by atomic mass is 9.76. The van der Waals surface area contributed by atoms with Crippen molar-refractivity contribution < 1.29 is 0 Å². The van der Waals surface area contributed by atoms with Crippen LogP contribution >= 0.6 is 0 Å². The summed E-state index contributed by atoms with van der Waals surface area (Å²) >= 11 is 0. The minimum atomic E-state index is -0.211. The van der Waals surface area contributed by atoms with Crippen molar-refractivity contribution in [2.45, 2.75) is 96.3 Å². The zero-order chi connectivity index (χ0) is 48.5. The van der Waals surface area contributed by atoms with Crippen LogP contribution in [0.2, 0.25) is 0 Å². The van der Waals surface area contributed by atoms with E-state index >= 15 is 0 Å². The zero-order valence-electron chi connectivity index (χ0n) is 42.7. The summed E-state index contributed by atoms with van der Waals surface area (Å²) < 4.78 is 0. The lowest BCUT2D eigenvalue weighted by Crippen LogP contribution is -2.18. The summed E-state index contributed by atoms with van der Waals surface area (Å²) in [6.45, 7) is 24.5. The molecule has 0 spiro atoms. The molecule has 0 unspecified atom stereocenters. The molecule has 71 heavy (non-hydrogen) atoms. The van der Waals surface area contributed by atoms with E-state index in [0.29, 0.717) is 0 Å². The standard InChI is InChI=1S/C71H58/c1-67(2)57-37-53-59(68(3,4)61-33-49(39-21-11-13-25-43(39)63(53)61)47-29-19-27-45-41-23-15-17-31-55(41)70(7,8)65(45)47)35-51(57)52-36-60-54(38-58(52)67)64-44-26-14-12-22-40(44)50(34-62(64)69(60,5)6)48-30-20-28-46-42-24-16-18-32-56(42)71(9,10)66(46)48/h11-38H,1-10H3. The minimum absolute atomic E-state index is 0.112. The maximum Gasteiger partial charge on any atom is 0.0165 e. The molecule has 0 nitrogen and oxygen atoms in total. The van der Waals surface area contributed by atoms with Gasteiger partial charge in [0.1, 0.15) is 0 Å². The van der Waals surface area contributed by atoms with Gasteiger partial charge in [0, 0.05) is 27.1 Å². The average Bonchev–Trinajstić information content (AvgIpc) is 4.01. The molecule has 0 amide bonds. The van der Waals surface area contributed by atoms with Crippen LogP contribution in [0, 0.1) is 0 Å². The highest BCUT2D eigenvalue weighted by atomic mass is 14.5. The Bertz CT molecular complexity index is 3850. The van der Waals surface area contributed by atoms with Crippen LogP contribution in [0.3, 0.4) is 0 Å². The van der Waals surface area contributed by atoms with Gasteiger partial charge in [0.05, 0.1) is 0 Å². The number of fused-ring (bicyclic) bond motifs is 19. The largest absolute Gasteiger partial charge is 0.0619 e. The highest BCUT2D eigenvalue weighted by Crippen LogP contribution is 2.63. The second-order valence-corrected chi connectivity index (χ2v) is 24.3. The Hall–Kier alpha value is -7.28. The fraction of sp³-hybridized carbons (Fsp3) is 0.211. The Balaban J connectivity index is 0.900. The molecule has 342 valence electrons. The molecule has 5 aliphatic carbocycles. The van der Waals surface area contributed by atoms with Crippen LogP contribution in [0.15, 0.2) is 170 Å². The van der Waals surface area contributed by atoms with Crippen molar-refractivity contribution in [1.29, 1.82) is 0 Å². The molecule has 10 aromatic rings. The monoisotopic (exact) mass is 910 g/mol. The van der Waals surface area contributed by atoms with Gasteiger partial charge in [-0.05, 0) is 191 Å². The lowest BCUT2D eigenvalue weighted by molar-refractivity contribution is 0.649. The van der Waals surface area contributed by atoms with Crippen LogP contribution in [0.5, 0.6) is 0 Å². The van der Waals surface area contributed by atoms with E-state index in [4.69, 9.17) is 0 Å². The molecule has 15 rings (SSSR count). The first-order chi connectivity index (χ1) is 34.0. The summed E-state index contributed by atoms with van der Waals surface area (Å²) in [5, 5.41) is 5.36. The van der Waals surface area contributed by atoms with Crippen LogP contribution in [-0.2, 0) is 27.1 Å². The van der Waals surface area contributed by atoms with Crippen molar-refractivity contribution in [2.75, 3.05) is 0 Å². The smallest absolute Gasteiger partial charge is 0.0165 e. The fourth-order valence-electron chi connectivity index (χ4n) is 15.5. The molecule has 0 heteroatoms. The summed E-state index contributed by atoms with van der Waals surface area (Å²) in [7, 11) is 0. The second-order valence-electron chi connectivity index (χ2n) is 24.3. The first-order valence-corrected chi connectivity index (χ1v) is 26.0. The molecule has 0 fully saturated rings. The van der Waals surface area contributed by atoms with E-state index in [1.54, 1.807) is 0 Å². The van der Waals surface area contributed by atoms with Gasteiger partial charge in [-0.15, -0.1) is 0 Å². The highest BCUT2D eigenvalue weighted by Gasteiger charge is 2.47. The topological polar surface area (TPSA) is 0 Å². The van der Waals surface area contributed by atoms with Crippen molar-refractivity contribution in [3.05, 3.63) is 225 Å². The fourth-order valence-corrected chi connectivity index (χ4v) is 15.5. The molecule has 0 saturated carbocycles. The van der Waals surface area contributed by atoms with Crippen LogP contribution in [-0.4, -0.2) is 0 Å². The van der Waals surface area contributed by atoms with Gasteiger partial charge >= 0.3 is 0 Å². The number of hydrogen-bond donors (Lipinski definition) is 0. The Morgan fingerprint density at radius 1 is 0.197 bits per heavy atom. The first kappa shape index (κ1) is 41.5. The third-order valence-electron chi connectivity index (χ3n) is 19.0. The molecule has 0 radical (unpaired) electrons. The summed E-state index contributed by atoms with van der Waals surface area (Å²) in [5.74, 6) is 0. The molecule has 0 bridgehead atoms. The second kappa shape index (κ2) is 13.2. The quantitative estimate of drug-likeness (QED) is 0.162. The van der Waals surface area contributed by atoms with Crippen molar-refractivity contribution in [2.24, 2.45) is 0 Å². The number of hydrogen-bond acceptors (Lipinski definition) is 0. The van der Waals surface area contributed by atoms with Crippen molar-refractivity contribution >= 4 is 21.5 Å². The molecular weight excluding hydrogens is 853 g/mol. The Morgan fingerprint density at radius 2 is 0.479 bits per heavy atom. The lowest BCUT2D eigenvalue weighted by Gasteiger charge is -2.27. The Labute approximate surface area is 419 Å². The van der Waals surface area contributed by atoms with Gasteiger partial charge in [-0.2, -0.15) is 0 Å². The average molecular weight is 911 g/mol. The molecular formula is C71H58. The van der Waals surface area contributed by atoms with Crippen molar-refractivity contribution in [3.63, 3.8) is 0 Å². The van der Waals surface area contributed by atoms with Gasteiger partial charge in [-0.25, -0.2) is 0 Å². The van der Waals surface area contributed by atoms with Gasteiger partial charge in [-0.3, -0.25) is 0 Å². The predicted octanol–water partition coefficient (Wildman–Crippen LogP) is 18.9. The van der Waals surface area contributed by atoms with Crippen LogP contribution < -0.4 is 0 Å². The van der Waals surface area contributed by atoms with Gasteiger partial charge in [0.15, 0.2) is 0 Å². The third-order valence-corrected chi connectivity index (χ3v) is 19.0. The van der Waals surface area contributed by atoms with Gasteiger partial charge < -0.3 is 0 Å². The summed E-state index contributed by atoms with van der Waals surface area (Å²) in [4.78, 5) is 0. The van der Waals surface area contributed by atoms with E-state index < -0.39 is 0 Å². The molecule has 10 aromatic carbocycles. The number of benzene rings is 10.